The van der Waals surface area contributed by atoms with Crippen LogP contribution in [0, 0.1) is 5.82 Å². The molecule has 0 spiro atoms. The van der Waals surface area contributed by atoms with Crippen molar-refractivity contribution in [3.8, 4) is 0 Å². The molecule has 8 heteroatoms. The van der Waals surface area contributed by atoms with Gasteiger partial charge in [0.2, 0.25) is 5.28 Å². The number of aliphatic hydroxyl groups is 1. The third-order valence-corrected chi connectivity index (χ3v) is 4.00. The van der Waals surface area contributed by atoms with Crippen molar-refractivity contribution in [3.63, 3.8) is 0 Å². The van der Waals surface area contributed by atoms with Crippen LogP contribution < -0.4 is 4.90 Å². The van der Waals surface area contributed by atoms with Crippen LogP contribution >= 0.6 is 23.2 Å². The van der Waals surface area contributed by atoms with Gasteiger partial charge < -0.3 is 10.0 Å². The molecule has 3 heterocycles. The Hall–Kier alpha value is -1.24. The van der Waals surface area contributed by atoms with Gasteiger partial charge in [-0.25, -0.2) is 14.4 Å². The third-order valence-electron chi connectivity index (χ3n) is 3.57. The van der Waals surface area contributed by atoms with E-state index in [1.165, 1.54) is 6.20 Å². The van der Waals surface area contributed by atoms with Gasteiger partial charge in [-0.3, -0.25) is 0 Å². The van der Waals surface area contributed by atoms with Gasteiger partial charge in [0, 0.05) is 19.3 Å². The summed E-state index contributed by atoms with van der Waals surface area (Å²) in [6.45, 7) is 2.85. The number of β-amino-alcohol motifs (C(OH)–C–C–N with tert-alkyl or cyclic N) is 1. The van der Waals surface area contributed by atoms with E-state index >= 15 is 0 Å². The van der Waals surface area contributed by atoms with Crippen molar-refractivity contribution < 1.29 is 9.50 Å². The molecule has 1 atom stereocenters. The summed E-state index contributed by atoms with van der Waals surface area (Å²) in [5, 5.41) is 10.3. The number of hydrogen-bond acceptors (Lipinski definition) is 5. The van der Waals surface area contributed by atoms with E-state index in [-0.39, 0.29) is 16.0 Å². The van der Waals surface area contributed by atoms with Crippen molar-refractivity contribution in [2.24, 2.45) is 0 Å². The fourth-order valence-corrected chi connectivity index (χ4v) is 2.94. The molecule has 0 bridgehead atoms. The Morgan fingerprint density at radius 1 is 1.38 bits per heavy atom. The highest BCUT2D eigenvalue weighted by Gasteiger charge is 2.30. The van der Waals surface area contributed by atoms with Gasteiger partial charge in [0.05, 0.1) is 11.0 Å². The van der Waals surface area contributed by atoms with Gasteiger partial charge in [-0.05, 0) is 31.4 Å². The van der Waals surface area contributed by atoms with Gasteiger partial charge in [0.15, 0.2) is 11.0 Å². The Morgan fingerprint density at radius 2 is 2.14 bits per heavy atom. The average Bonchev–Trinajstić information content (AvgIpc) is 2.41. The standard InChI is InChI=1S/C13H13Cl2FN4O/c1-13(21)3-2-4-20(6-13)11-7-5-17-10(14)8(16)9(7)18-12(15)19-11/h5,21H,2-4,6H2,1H3/t13-/m1/s1. The van der Waals surface area contributed by atoms with Gasteiger partial charge in [0.25, 0.3) is 0 Å². The summed E-state index contributed by atoms with van der Waals surface area (Å²) >= 11 is 11.6. The largest absolute Gasteiger partial charge is 0.388 e. The number of aromatic nitrogens is 3. The maximum atomic E-state index is 14.1. The van der Waals surface area contributed by atoms with E-state index in [1.54, 1.807) is 6.92 Å². The number of rotatable bonds is 1. The van der Waals surface area contributed by atoms with E-state index in [4.69, 9.17) is 23.2 Å². The highest BCUT2D eigenvalue weighted by molar-refractivity contribution is 6.30. The zero-order chi connectivity index (χ0) is 15.2. The number of hydrogen-bond donors (Lipinski definition) is 1. The first kappa shape index (κ1) is 14.7. The fourth-order valence-electron chi connectivity index (χ4n) is 2.63. The van der Waals surface area contributed by atoms with Gasteiger partial charge in [-0.1, -0.05) is 11.6 Å². The first-order valence-corrected chi connectivity index (χ1v) is 7.27. The van der Waals surface area contributed by atoms with Crippen LogP contribution in [-0.4, -0.2) is 38.7 Å². The quantitative estimate of drug-likeness (QED) is 0.643. The Kier molecular flexibility index (Phi) is 3.63. The van der Waals surface area contributed by atoms with Crippen LogP contribution in [0.4, 0.5) is 10.2 Å². The number of anilines is 1. The van der Waals surface area contributed by atoms with Crippen LogP contribution in [0.5, 0.6) is 0 Å². The van der Waals surface area contributed by atoms with Gasteiger partial charge in [0.1, 0.15) is 11.3 Å². The summed E-state index contributed by atoms with van der Waals surface area (Å²) in [7, 11) is 0. The van der Waals surface area contributed by atoms with Crippen molar-refractivity contribution in [1.29, 1.82) is 0 Å². The summed E-state index contributed by atoms with van der Waals surface area (Å²) in [6.07, 6.45) is 2.94. The lowest BCUT2D eigenvalue weighted by atomic mass is 9.95. The minimum atomic E-state index is -0.819. The summed E-state index contributed by atoms with van der Waals surface area (Å²) in [5.74, 6) is -0.253. The number of nitrogens with zero attached hydrogens (tertiary/aromatic N) is 4. The Bertz CT molecular complexity index is 710. The number of piperidine rings is 1. The number of pyridine rings is 1. The van der Waals surface area contributed by atoms with E-state index in [0.29, 0.717) is 30.7 Å². The highest BCUT2D eigenvalue weighted by Crippen LogP contribution is 2.32. The SMILES string of the molecule is C[C@@]1(O)CCCN(c2nc(Cl)nc3c(F)c(Cl)ncc23)C1. The molecule has 1 N–H and O–H groups in total. The molecule has 0 aromatic carbocycles. The fraction of sp³-hybridized carbons (Fsp3) is 0.462. The molecular weight excluding hydrogens is 318 g/mol. The van der Waals surface area contributed by atoms with E-state index in [1.807, 2.05) is 4.90 Å². The molecule has 1 aliphatic rings. The van der Waals surface area contributed by atoms with E-state index in [9.17, 15) is 9.50 Å². The maximum absolute atomic E-state index is 14.1. The van der Waals surface area contributed by atoms with Gasteiger partial charge in [-0.15, -0.1) is 0 Å². The minimum Gasteiger partial charge on any atom is -0.388 e. The van der Waals surface area contributed by atoms with Crippen molar-refractivity contribution >= 4 is 39.9 Å². The van der Waals surface area contributed by atoms with Gasteiger partial charge in [-0.2, -0.15) is 4.98 Å². The lowest BCUT2D eigenvalue weighted by molar-refractivity contribution is 0.0448. The molecule has 2 aromatic rings. The van der Waals surface area contributed by atoms with Crippen molar-refractivity contribution in [2.75, 3.05) is 18.0 Å². The van der Waals surface area contributed by atoms with Crippen LogP contribution in [0.2, 0.25) is 10.4 Å². The van der Waals surface area contributed by atoms with Crippen LogP contribution in [0.1, 0.15) is 19.8 Å². The highest BCUT2D eigenvalue weighted by atomic mass is 35.5. The molecule has 1 aliphatic heterocycles. The van der Waals surface area contributed by atoms with Gasteiger partial charge >= 0.3 is 0 Å². The Labute approximate surface area is 130 Å². The molecule has 1 fully saturated rings. The average molecular weight is 331 g/mol. The van der Waals surface area contributed by atoms with Crippen molar-refractivity contribution in [3.05, 3.63) is 22.5 Å². The summed E-state index contributed by atoms with van der Waals surface area (Å²) in [6, 6.07) is 0. The molecule has 0 aliphatic carbocycles. The number of fused-ring (bicyclic) bond motifs is 1. The molecule has 0 amide bonds. The van der Waals surface area contributed by atoms with Crippen molar-refractivity contribution in [2.45, 2.75) is 25.4 Å². The van der Waals surface area contributed by atoms with Crippen LogP contribution in [0.15, 0.2) is 6.20 Å². The second-order valence-electron chi connectivity index (χ2n) is 5.46. The smallest absolute Gasteiger partial charge is 0.225 e. The summed E-state index contributed by atoms with van der Waals surface area (Å²) in [4.78, 5) is 13.8. The monoisotopic (exact) mass is 330 g/mol. The third kappa shape index (κ3) is 2.75. The van der Waals surface area contributed by atoms with Crippen LogP contribution in [0.3, 0.4) is 0 Å². The lowest BCUT2D eigenvalue weighted by Gasteiger charge is -2.37. The maximum Gasteiger partial charge on any atom is 0.225 e. The van der Waals surface area contributed by atoms with E-state index < -0.39 is 11.4 Å². The topological polar surface area (TPSA) is 62.1 Å². The zero-order valence-corrected chi connectivity index (χ0v) is 12.8. The second-order valence-corrected chi connectivity index (χ2v) is 6.16. The second kappa shape index (κ2) is 5.19. The summed E-state index contributed by atoms with van der Waals surface area (Å²) in [5.41, 5.74) is -0.782. The molecule has 1 saturated heterocycles. The number of halogens is 3. The first-order valence-electron chi connectivity index (χ1n) is 6.52. The molecular formula is C13H13Cl2FN4O. The minimum absolute atomic E-state index is 0.0372. The first-order chi connectivity index (χ1) is 9.87. The zero-order valence-electron chi connectivity index (χ0n) is 11.3. The predicted molar refractivity (Wildman–Crippen MR) is 79.4 cm³/mol. The van der Waals surface area contributed by atoms with E-state index in [2.05, 4.69) is 15.0 Å². The normalized spacial score (nSPS) is 22.8. The molecule has 0 unspecified atom stereocenters. The molecule has 2 aromatic heterocycles. The van der Waals surface area contributed by atoms with Crippen LogP contribution in [0.25, 0.3) is 10.9 Å². The molecule has 0 radical (unpaired) electrons. The molecule has 5 nitrogen and oxygen atoms in total. The van der Waals surface area contributed by atoms with E-state index in [0.717, 1.165) is 6.42 Å². The molecule has 21 heavy (non-hydrogen) atoms. The Morgan fingerprint density at radius 3 is 2.86 bits per heavy atom. The molecule has 3 rings (SSSR count). The molecule has 112 valence electrons. The summed E-state index contributed by atoms with van der Waals surface area (Å²) < 4.78 is 14.1. The van der Waals surface area contributed by atoms with Crippen LogP contribution in [-0.2, 0) is 0 Å². The molecule has 0 saturated carbocycles. The Balaban J connectivity index is 2.16. The predicted octanol–water partition coefficient (Wildman–Crippen LogP) is 2.82. The van der Waals surface area contributed by atoms with Crippen molar-refractivity contribution in [1.82, 2.24) is 15.0 Å². The lowest BCUT2D eigenvalue weighted by Crippen LogP contribution is -2.46.